The molecule has 1 saturated carbocycles. The Morgan fingerprint density at radius 2 is 1.85 bits per heavy atom. The van der Waals surface area contributed by atoms with E-state index in [2.05, 4.69) is 18.3 Å². The van der Waals surface area contributed by atoms with Crippen molar-refractivity contribution in [3.8, 4) is 0 Å². The molecule has 4 rings (SSSR count). The number of sulfonamides is 1. The second kappa shape index (κ2) is 8.85. The van der Waals surface area contributed by atoms with Gasteiger partial charge in [-0.05, 0) is 61.8 Å². The summed E-state index contributed by atoms with van der Waals surface area (Å²) >= 11 is 0. The minimum atomic E-state index is -3.38. The van der Waals surface area contributed by atoms with Crippen molar-refractivity contribution in [3.05, 3.63) is 29.3 Å². The van der Waals surface area contributed by atoms with E-state index in [4.69, 9.17) is 0 Å². The van der Waals surface area contributed by atoms with Crippen LogP contribution in [0.15, 0.2) is 23.1 Å². The van der Waals surface area contributed by atoms with E-state index < -0.39 is 10.0 Å². The molecule has 1 saturated heterocycles. The van der Waals surface area contributed by atoms with Crippen molar-refractivity contribution in [2.24, 2.45) is 5.41 Å². The third kappa shape index (κ3) is 3.85. The lowest BCUT2D eigenvalue weighted by Crippen LogP contribution is -2.38. The van der Waals surface area contributed by atoms with Crippen molar-refractivity contribution in [3.63, 3.8) is 0 Å². The van der Waals surface area contributed by atoms with Crippen LogP contribution in [0, 0.1) is 5.41 Å². The van der Waals surface area contributed by atoms with E-state index in [0.717, 1.165) is 24.9 Å². The van der Waals surface area contributed by atoms with Gasteiger partial charge in [-0.1, -0.05) is 46.2 Å². The highest BCUT2D eigenvalue weighted by molar-refractivity contribution is 7.89. The maximum absolute atomic E-state index is 13.2. The van der Waals surface area contributed by atoms with E-state index >= 15 is 0 Å². The van der Waals surface area contributed by atoms with Gasteiger partial charge < -0.3 is 5.32 Å². The van der Waals surface area contributed by atoms with Gasteiger partial charge in [0, 0.05) is 19.1 Å². The minimum Gasteiger partial charge on any atom is -0.312 e. The quantitative estimate of drug-likeness (QED) is 0.830. The van der Waals surface area contributed by atoms with E-state index in [1.807, 2.05) is 33.8 Å². The standard InChI is InChI=1S/C17H24N2O2S.2C2H6/c1-13-10-17(7-3-8-17)12-19(13)22(20,21)16-5-2-4-14-6-9-18-11-15(14)16;2*1-2/h2,4-5,13,18H,3,6-12H2,1H3;2*1-2H3. The summed E-state index contributed by atoms with van der Waals surface area (Å²) in [6, 6.07) is 5.88. The maximum Gasteiger partial charge on any atom is 0.243 e. The van der Waals surface area contributed by atoms with Crippen LogP contribution in [0.2, 0.25) is 0 Å². The predicted octanol–water partition coefficient (Wildman–Crippen LogP) is 4.34. The number of hydrogen-bond acceptors (Lipinski definition) is 3. The van der Waals surface area contributed by atoms with E-state index in [1.54, 1.807) is 10.4 Å². The molecule has 1 N–H and O–H groups in total. The normalized spacial score (nSPS) is 23.8. The highest BCUT2D eigenvalue weighted by Gasteiger charge is 2.50. The monoisotopic (exact) mass is 380 g/mol. The Morgan fingerprint density at radius 1 is 1.15 bits per heavy atom. The van der Waals surface area contributed by atoms with Crippen LogP contribution in [0.25, 0.3) is 0 Å². The fourth-order valence-corrected chi connectivity index (χ4v) is 6.50. The molecular formula is C21H36N2O2S. The zero-order chi connectivity index (χ0) is 19.4. The SMILES string of the molecule is CC.CC.CC1CC2(CCC2)CN1S(=O)(=O)c1cccc2c1CNCC2. The molecule has 1 unspecified atom stereocenters. The molecule has 0 aromatic heterocycles. The highest BCUT2D eigenvalue weighted by Crippen LogP contribution is 2.51. The average Bonchev–Trinajstić information content (AvgIpc) is 3.03. The van der Waals surface area contributed by atoms with Crippen molar-refractivity contribution in [2.75, 3.05) is 13.1 Å². The number of rotatable bonds is 2. The predicted molar refractivity (Wildman–Crippen MR) is 109 cm³/mol. The number of nitrogens with one attached hydrogen (secondary N) is 1. The third-order valence-corrected chi connectivity index (χ3v) is 7.86. The first-order chi connectivity index (χ1) is 12.5. The van der Waals surface area contributed by atoms with Crippen LogP contribution in [0.4, 0.5) is 0 Å². The molecule has 2 aliphatic heterocycles. The van der Waals surface area contributed by atoms with Gasteiger partial charge in [0.1, 0.15) is 0 Å². The molecule has 1 atom stereocenters. The van der Waals surface area contributed by atoms with E-state index in [9.17, 15) is 8.42 Å². The summed E-state index contributed by atoms with van der Waals surface area (Å²) < 4.78 is 28.3. The zero-order valence-corrected chi connectivity index (χ0v) is 18.0. The summed E-state index contributed by atoms with van der Waals surface area (Å²) in [4.78, 5) is 0.528. The van der Waals surface area contributed by atoms with Gasteiger partial charge in [0.05, 0.1) is 4.90 Å². The van der Waals surface area contributed by atoms with Crippen LogP contribution in [0.3, 0.4) is 0 Å². The van der Waals surface area contributed by atoms with Crippen molar-refractivity contribution >= 4 is 10.0 Å². The number of benzene rings is 1. The Kier molecular flexibility index (Phi) is 7.28. The molecule has 1 aliphatic carbocycles. The van der Waals surface area contributed by atoms with Crippen LogP contribution >= 0.6 is 0 Å². The topological polar surface area (TPSA) is 49.4 Å². The van der Waals surface area contributed by atoms with Gasteiger partial charge in [-0.15, -0.1) is 0 Å². The first-order valence-electron chi connectivity index (χ1n) is 10.4. The van der Waals surface area contributed by atoms with Crippen LogP contribution < -0.4 is 5.32 Å². The first-order valence-corrected chi connectivity index (χ1v) is 11.8. The highest BCUT2D eigenvalue weighted by atomic mass is 32.2. The van der Waals surface area contributed by atoms with Crippen molar-refractivity contribution in [1.82, 2.24) is 9.62 Å². The second-order valence-electron chi connectivity index (χ2n) is 7.28. The fraction of sp³-hybridized carbons (Fsp3) is 0.714. The van der Waals surface area contributed by atoms with Gasteiger partial charge >= 0.3 is 0 Å². The zero-order valence-electron chi connectivity index (χ0n) is 17.1. The van der Waals surface area contributed by atoms with Gasteiger partial charge in [-0.2, -0.15) is 4.31 Å². The molecule has 1 aromatic carbocycles. The lowest BCUT2D eigenvalue weighted by molar-refractivity contribution is 0.152. The third-order valence-electron chi connectivity index (χ3n) is 5.82. The Hall–Kier alpha value is -0.910. The summed E-state index contributed by atoms with van der Waals surface area (Å²) in [5, 5.41) is 3.31. The van der Waals surface area contributed by atoms with Gasteiger partial charge in [0.15, 0.2) is 0 Å². The Morgan fingerprint density at radius 3 is 2.42 bits per heavy atom. The summed E-state index contributed by atoms with van der Waals surface area (Å²) in [6.45, 7) is 12.4. The van der Waals surface area contributed by atoms with Crippen LogP contribution in [0.1, 0.15) is 71.4 Å². The molecule has 4 nitrogen and oxygen atoms in total. The van der Waals surface area contributed by atoms with Crippen LogP contribution in [-0.2, 0) is 23.0 Å². The molecule has 0 amide bonds. The van der Waals surface area contributed by atoms with E-state index in [0.29, 0.717) is 18.0 Å². The lowest BCUT2D eigenvalue weighted by Gasteiger charge is -2.38. The number of hydrogen-bond donors (Lipinski definition) is 1. The van der Waals surface area contributed by atoms with Gasteiger partial charge in [-0.25, -0.2) is 8.42 Å². The Balaban J connectivity index is 0.000000570. The number of nitrogens with zero attached hydrogens (tertiary/aromatic N) is 1. The molecule has 0 radical (unpaired) electrons. The molecule has 26 heavy (non-hydrogen) atoms. The Bertz CT molecular complexity index is 696. The largest absolute Gasteiger partial charge is 0.312 e. The number of fused-ring (bicyclic) bond motifs is 1. The molecule has 5 heteroatoms. The molecule has 148 valence electrons. The minimum absolute atomic E-state index is 0.123. The van der Waals surface area contributed by atoms with Crippen molar-refractivity contribution < 1.29 is 8.42 Å². The van der Waals surface area contributed by atoms with Gasteiger partial charge in [0.2, 0.25) is 10.0 Å². The summed E-state index contributed by atoms with van der Waals surface area (Å²) in [5.41, 5.74) is 2.44. The van der Waals surface area contributed by atoms with Crippen molar-refractivity contribution in [2.45, 2.75) is 84.2 Å². The average molecular weight is 381 g/mol. The molecule has 0 bridgehead atoms. The fourth-order valence-electron chi connectivity index (χ4n) is 4.49. The summed E-state index contributed by atoms with van der Waals surface area (Å²) in [6.07, 6.45) is 5.58. The Labute approximate surface area is 160 Å². The van der Waals surface area contributed by atoms with Gasteiger partial charge in [-0.3, -0.25) is 0 Å². The smallest absolute Gasteiger partial charge is 0.243 e. The second-order valence-corrected chi connectivity index (χ2v) is 9.14. The van der Waals surface area contributed by atoms with E-state index in [1.165, 1.54) is 24.8 Å². The molecule has 1 spiro atoms. The van der Waals surface area contributed by atoms with E-state index in [-0.39, 0.29) is 11.5 Å². The molecule has 2 fully saturated rings. The van der Waals surface area contributed by atoms with Crippen LogP contribution in [-0.4, -0.2) is 31.9 Å². The van der Waals surface area contributed by atoms with Gasteiger partial charge in [0.25, 0.3) is 0 Å². The first kappa shape index (κ1) is 21.4. The summed E-state index contributed by atoms with van der Waals surface area (Å²) in [7, 11) is -3.38. The van der Waals surface area contributed by atoms with Crippen molar-refractivity contribution in [1.29, 1.82) is 0 Å². The lowest BCUT2D eigenvalue weighted by atomic mass is 9.68. The van der Waals surface area contributed by atoms with Crippen LogP contribution in [0.5, 0.6) is 0 Å². The summed E-state index contributed by atoms with van der Waals surface area (Å²) in [5.74, 6) is 0. The molecule has 3 aliphatic rings. The maximum atomic E-state index is 13.2. The molecule has 1 aromatic rings. The molecular weight excluding hydrogens is 344 g/mol. The molecule has 2 heterocycles.